The minimum absolute atomic E-state index is 0.185. The Kier molecular flexibility index (Phi) is 2.39. The van der Waals surface area contributed by atoms with Crippen LogP contribution in [0.25, 0.3) is 11.0 Å². The smallest absolute Gasteiger partial charge is 0.320 e. The zero-order chi connectivity index (χ0) is 10.8. The summed E-state index contributed by atoms with van der Waals surface area (Å²) in [5, 5.41) is 9.49. The van der Waals surface area contributed by atoms with E-state index in [4.69, 9.17) is 15.3 Å². The van der Waals surface area contributed by atoms with E-state index >= 15 is 0 Å². The van der Waals surface area contributed by atoms with Crippen LogP contribution in [-0.2, 0) is 11.2 Å². The Hall–Kier alpha value is -1.88. The first kappa shape index (κ1) is 9.67. The highest BCUT2D eigenvalue weighted by Gasteiger charge is 2.14. The average Bonchev–Trinajstić information content (AvgIpc) is 2.59. The largest absolute Gasteiger partial charge is 0.480 e. The van der Waals surface area contributed by atoms with E-state index in [2.05, 4.69) is 4.98 Å². The van der Waals surface area contributed by atoms with E-state index < -0.39 is 12.0 Å². The number of fused-ring (bicyclic) bond motifs is 1. The first-order valence-electron chi connectivity index (χ1n) is 4.47. The third kappa shape index (κ3) is 1.97. The molecule has 0 aliphatic heterocycles. The molecule has 5 nitrogen and oxygen atoms in total. The van der Waals surface area contributed by atoms with Gasteiger partial charge in [0.15, 0.2) is 0 Å². The minimum Gasteiger partial charge on any atom is -0.480 e. The van der Waals surface area contributed by atoms with Gasteiger partial charge in [0.2, 0.25) is 0 Å². The van der Waals surface area contributed by atoms with Crippen molar-refractivity contribution in [1.82, 2.24) is 4.98 Å². The molecule has 2 aromatic heterocycles. The number of nitrogens with two attached hydrogens (primary N) is 1. The van der Waals surface area contributed by atoms with Crippen molar-refractivity contribution in [3.05, 3.63) is 30.3 Å². The molecule has 3 N–H and O–H groups in total. The maximum Gasteiger partial charge on any atom is 0.320 e. The fourth-order valence-corrected chi connectivity index (χ4v) is 1.34. The molecule has 0 saturated heterocycles. The summed E-state index contributed by atoms with van der Waals surface area (Å²) < 4.78 is 5.41. The number of aliphatic carboxylic acids is 1. The molecule has 1 atom stereocenters. The summed E-state index contributed by atoms with van der Waals surface area (Å²) in [4.78, 5) is 14.5. The Balaban J connectivity index is 2.26. The maximum absolute atomic E-state index is 10.5. The fourth-order valence-electron chi connectivity index (χ4n) is 1.34. The molecule has 0 saturated carbocycles. The van der Waals surface area contributed by atoms with Crippen LogP contribution in [0.4, 0.5) is 0 Å². The van der Waals surface area contributed by atoms with Crippen LogP contribution in [0.5, 0.6) is 0 Å². The van der Waals surface area contributed by atoms with Gasteiger partial charge in [-0.25, -0.2) is 0 Å². The second-order valence-electron chi connectivity index (χ2n) is 3.28. The molecule has 1 unspecified atom stereocenters. The van der Waals surface area contributed by atoms with E-state index in [0.717, 1.165) is 5.39 Å². The first-order chi connectivity index (χ1) is 7.16. The predicted octanol–water partition coefficient (Wildman–Crippen LogP) is 0.782. The van der Waals surface area contributed by atoms with Crippen LogP contribution in [0.1, 0.15) is 5.76 Å². The topological polar surface area (TPSA) is 89.4 Å². The van der Waals surface area contributed by atoms with Crippen molar-refractivity contribution in [3.63, 3.8) is 0 Å². The molecule has 0 aromatic carbocycles. The molecule has 2 rings (SSSR count). The normalized spacial score (nSPS) is 12.9. The van der Waals surface area contributed by atoms with Crippen LogP contribution in [0.3, 0.4) is 0 Å². The summed E-state index contributed by atoms with van der Waals surface area (Å²) in [6.07, 6.45) is 3.46. The van der Waals surface area contributed by atoms with Crippen molar-refractivity contribution in [2.75, 3.05) is 0 Å². The van der Waals surface area contributed by atoms with Gasteiger partial charge in [0.25, 0.3) is 0 Å². The SMILES string of the molecule is NC(Cc1cc2cnccc2o1)C(=O)O. The maximum atomic E-state index is 10.5. The van der Waals surface area contributed by atoms with E-state index in [0.29, 0.717) is 11.3 Å². The molecule has 2 heterocycles. The van der Waals surface area contributed by atoms with Crippen LogP contribution in [0.2, 0.25) is 0 Å². The summed E-state index contributed by atoms with van der Waals surface area (Å²) in [5.74, 6) is -0.471. The fraction of sp³-hybridized carbons (Fsp3) is 0.200. The third-order valence-corrected chi connectivity index (χ3v) is 2.11. The van der Waals surface area contributed by atoms with Gasteiger partial charge in [-0.2, -0.15) is 0 Å². The van der Waals surface area contributed by atoms with Gasteiger partial charge in [-0.1, -0.05) is 0 Å². The number of pyridine rings is 1. The van der Waals surface area contributed by atoms with Crippen molar-refractivity contribution >= 4 is 16.9 Å². The van der Waals surface area contributed by atoms with E-state index in [1.54, 1.807) is 24.5 Å². The number of hydrogen-bond acceptors (Lipinski definition) is 4. The number of nitrogens with zero attached hydrogens (tertiary/aromatic N) is 1. The number of hydrogen-bond donors (Lipinski definition) is 2. The number of furan rings is 1. The highest BCUT2D eigenvalue weighted by atomic mass is 16.4. The number of carboxylic acid groups (broad SMARTS) is 1. The molecule has 0 spiro atoms. The monoisotopic (exact) mass is 206 g/mol. The summed E-state index contributed by atoms with van der Waals surface area (Å²) in [5.41, 5.74) is 6.09. The zero-order valence-corrected chi connectivity index (χ0v) is 7.88. The van der Waals surface area contributed by atoms with Gasteiger partial charge in [-0.3, -0.25) is 9.78 Å². The molecule has 0 fully saturated rings. The van der Waals surface area contributed by atoms with Crippen molar-refractivity contribution in [1.29, 1.82) is 0 Å². The molecule has 0 radical (unpaired) electrons. The third-order valence-electron chi connectivity index (χ3n) is 2.11. The van der Waals surface area contributed by atoms with Crippen LogP contribution in [0.15, 0.2) is 28.9 Å². The molecule has 0 aliphatic rings. The summed E-state index contributed by atoms with van der Waals surface area (Å²) in [6.45, 7) is 0. The van der Waals surface area contributed by atoms with Crippen molar-refractivity contribution in [3.8, 4) is 0 Å². The summed E-state index contributed by atoms with van der Waals surface area (Å²) in [6, 6.07) is 2.55. The van der Waals surface area contributed by atoms with E-state index in [-0.39, 0.29) is 6.42 Å². The minimum atomic E-state index is -1.03. The predicted molar refractivity (Wildman–Crippen MR) is 53.3 cm³/mol. The number of rotatable bonds is 3. The molecule has 0 amide bonds. The Morgan fingerprint density at radius 2 is 2.47 bits per heavy atom. The standard InChI is InChI=1S/C10H10N2O3/c11-8(10(13)14)4-7-3-6-5-12-2-1-9(6)15-7/h1-3,5,8H,4,11H2,(H,13,14). The van der Waals surface area contributed by atoms with Gasteiger partial charge in [0.1, 0.15) is 17.4 Å². The molecular formula is C10H10N2O3. The van der Waals surface area contributed by atoms with Crippen molar-refractivity contribution in [2.45, 2.75) is 12.5 Å². The lowest BCUT2D eigenvalue weighted by Crippen LogP contribution is -2.32. The number of carbonyl (C=O) groups is 1. The van der Waals surface area contributed by atoms with Gasteiger partial charge in [0, 0.05) is 24.2 Å². The lowest BCUT2D eigenvalue weighted by atomic mass is 10.2. The molecule has 5 heteroatoms. The van der Waals surface area contributed by atoms with Crippen LogP contribution in [-0.4, -0.2) is 22.1 Å². The first-order valence-corrected chi connectivity index (χ1v) is 4.47. The Morgan fingerprint density at radius 3 is 3.13 bits per heavy atom. The van der Waals surface area contributed by atoms with Gasteiger partial charge >= 0.3 is 5.97 Å². The Bertz CT molecular complexity index is 459. The number of aromatic nitrogens is 1. The van der Waals surface area contributed by atoms with E-state index in [1.807, 2.05) is 0 Å². The molecular weight excluding hydrogens is 196 g/mol. The summed E-state index contributed by atoms with van der Waals surface area (Å²) >= 11 is 0. The van der Waals surface area contributed by atoms with Crippen LogP contribution >= 0.6 is 0 Å². The Labute approximate surface area is 85.5 Å². The van der Waals surface area contributed by atoms with Gasteiger partial charge in [0.05, 0.1) is 0 Å². The highest BCUT2D eigenvalue weighted by Crippen LogP contribution is 2.18. The van der Waals surface area contributed by atoms with Crippen LogP contribution < -0.4 is 5.73 Å². The van der Waals surface area contributed by atoms with Crippen molar-refractivity contribution < 1.29 is 14.3 Å². The molecule has 15 heavy (non-hydrogen) atoms. The quantitative estimate of drug-likeness (QED) is 0.774. The highest BCUT2D eigenvalue weighted by molar-refractivity contribution is 5.77. The molecule has 78 valence electrons. The number of carboxylic acids is 1. The average molecular weight is 206 g/mol. The molecule has 2 aromatic rings. The van der Waals surface area contributed by atoms with E-state index in [9.17, 15) is 4.79 Å². The van der Waals surface area contributed by atoms with Crippen molar-refractivity contribution in [2.24, 2.45) is 5.73 Å². The molecule has 0 aliphatic carbocycles. The Morgan fingerprint density at radius 1 is 1.67 bits per heavy atom. The van der Waals surface area contributed by atoms with Crippen LogP contribution in [0, 0.1) is 0 Å². The lowest BCUT2D eigenvalue weighted by molar-refractivity contribution is -0.138. The molecule has 0 bridgehead atoms. The van der Waals surface area contributed by atoms with Gasteiger partial charge < -0.3 is 15.3 Å². The zero-order valence-electron chi connectivity index (χ0n) is 7.88. The van der Waals surface area contributed by atoms with E-state index in [1.165, 1.54) is 0 Å². The lowest BCUT2D eigenvalue weighted by Gasteiger charge is -2.01. The van der Waals surface area contributed by atoms with Gasteiger partial charge in [-0.15, -0.1) is 0 Å². The van der Waals surface area contributed by atoms with Gasteiger partial charge in [-0.05, 0) is 12.1 Å². The summed E-state index contributed by atoms with van der Waals surface area (Å²) in [7, 11) is 0. The second-order valence-corrected chi connectivity index (χ2v) is 3.28. The second kappa shape index (κ2) is 3.70.